The van der Waals surface area contributed by atoms with Crippen LogP contribution in [-0.4, -0.2) is 58.4 Å². The first-order valence-electron chi connectivity index (χ1n) is 15.7. The van der Waals surface area contributed by atoms with Crippen molar-refractivity contribution in [1.82, 2.24) is 10.2 Å². The maximum Gasteiger partial charge on any atom is 0.408 e. The number of nitrogens with one attached hydrogen (secondary N) is 1. The van der Waals surface area contributed by atoms with Gasteiger partial charge in [0.25, 0.3) is 5.91 Å². The highest BCUT2D eigenvalue weighted by atomic mass is 32.2. The van der Waals surface area contributed by atoms with E-state index in [1.165, 1.54) is 16.7 Å². The zero-order chi connectivity index (χ0) is 33.1. The second kappa shape index (κ2) is 13.5. The fraction of sp³-hybridized carbons (Fsp3) is 0.297. The monoisotopic (exact) mass is 651 g/mol. The third-order valence-electron chi connectivity index (χ3n) is 8.11. The first kappa shape index (κ1) is 32.1. The lowest BCUT2D eigenvalue weighted by Crippen LogP contribution is -2.74. The van der Waals surface area contributed by atoms with E-state index in [9.17, 15) is 19.2 Å². The molecule has 0 aromatic heterocycles. The number of amides is 3. The molecular formula is C37H37N3O6S. The van der Waals surface area contributed by atoms with Crippen LogP contribution in [0.15, 0.2) is 114 Å². The number of carbonyl (C=O) groups excluding carboxylic acids is 4. The Morgan fingerprint density at radius 3 is 2.11 bits per heavy atom. The predicted octanol–water partition coefficient (Wildman–Crippen LogP) is 6.13. The first-order valence-corrected chi connectivity index (χ1v) is 16.6. The molecule has 0 aliphatic carbocycles. The summed E-state index contributed by atoms with van der Waals surface area (Å²) in [5, 5.41) is 3.90. The van der Waals surface area contributed by atoms with Crippen LogP contribution >= 0.6 is 11.8 Å². The number of anilines is 1. The van der Waals surface area contributed by atoms with Crippen molar-refractivity contribution in [1.29, 1.82) is 0 Å². The summed E-state index contributed by atoms with van der Waals surface area (Å²) in [6, 6.07) is 26.3. The quantitative estimate of drug-likeness (QED) is 0.186. The molecule has 0 bridgehead atoms. The summed E-state index contributed by atoms with van der Waals surface area (Å²) in [6.07, 6.45) is 1.56. The molecule has 3 aliphatic heterocycles. The van der Waals surface area contributed by atoms with Gasteiger partial charge in [0.15, 0.2) is 12.1 Å². The first-order chi connectivity index (χ1) is 22.6. The van der Waals surface area contributed by atoms with Crippen LogP contribution in [0.1, 0.15) is 50.8 Å². The Bertz CT molecular complexity index is 1660. The van der Waals surface area contributed by atoms with E-state index >= 15 is 0 Å². The van der Waals surface area contributed by atoms with E-state index < -0.39 is 47.1 Å². The second-order valence-corrected chi connectivity index (χ2v) is 13.6. The number of alkyl carbamates (subject to hydrolysis) is 1. The van der Waals surface area contributed by atoms with Crippen molar-refractivity contribution in [2.75, 3.05) is 11.4 Å². The number of β-lactam (4-membered cyclic amide) rings is 1. The number of nitrogens with zero attached hydrogens (tertiary/aromatic N) is 2. The average Bonchev–Trinajstić information content (AvgIpc) is 3.07. The largest absolute Gasteiger partial charge is 0.451 e. The molecule has 6 rings (SSSR count). The molecule has 47 heavy (non-hydrogen) atoms. The summed E-state index contributed by atoms with van der Waals surface area (Å²) < 4.78 is 11.7. The number of hydrogen-bond acceptors (Lipinski definition) is 7. The van der Waals surface area contributed by atoms with Gasteiger partial charge in [-0.25, -0.2) is 9.59 Å². The molecule has 3 aliphatic rings. The topological polar surface area (TPSA) is 105 Å². The second-order valence-electron chi connectivity index (χ2n) is 12.6. The molecule has 1 N–H and O–H groups in total. The standard InChI is InChI=1S/C37H37N3O6S/c1-37(2,3)46-36(44)38-29-33(42)40-30(35(43)45-31(24-14-7-4-8-15-24)25-16-9-5-10-17-25)27(23-47-34(29)40)22-26-18-13-21-39(32(26)41)28-19-11-6-12-20-28/h4-12,14-17,19-20,22-23,29-31,34H,13,18,21H2,1-3H3,(H,38,44)/t29-,30+,34-/m1/s1. The number of ether oxygens (including phenoxy) is 2. The number of piperidine rings is 1. The average molecular weight is 652 g/mol. The van der Waals surface area contributed by atoms with Crippen molar-refractivity contribution in [3.8, 4) is 0 Å². The zero-order valence-corrected chi connectivity index (χ0v) is 27.3. The Balaban J connectivity index is 1.33. The highest BCUT2D eigenvalue weighted by Crippen LogP contribution is 2.42. The number of hydrogen-bond donors (Lipinski definition) is 1. The van der Waals surface area contributed by atoms with Gasteiger partial charge in [-0.3, -0.25) is 9.59 Å². The van der Waals surface area contributed by atoms with Gasteiger partial charge in [-0.1, -0.05) is 78.9 Å². The van der Waals surface area contributed by atoms with Gasteiger partial charge in [-0.05, 0) is 73.9 Å². The van der Waals surface area contributed by atoms with Gasteiger partial charge in [0.2, 0.25) is 5.91 Å². The molecule has 3 aromatic carbocycles. The molecule has 3 atom stereocenters. The van der Waals surface area contributed by atoms with E-state index in [1.807, 2.05) is 91.0 Å². The molecule has 2 saturated heterocycles. The van der Waals surface area contributed by atoms with Crippen molar-refractivity contribution in [3.63, 3.8) is 0 Å². The molecule has 3 aromatic rings. The van der Waals surface area contributed by atoms with Crippen molar-refractivity contribution >= 4 is 41.3 Å². The Hall–Kier alpha value is -4.83. The fourth-order valence-electron chi connectivity index (χ4n) is 5.97. The number of carbonyl (C=O) groups is 4. The van der Waals surface area contributed by atoms with Gasteiger partial charge in [-0.2, -0.15) is 0 Å². The van der Waals surface area contributed by atoms with E-state index in [0.29, 0.717) is 24.1 Å². The SMILES string of the molecule is CC(C)(C)OC(=O)N[C@@H]1C(=O)N2[C@H](C(=O)OC(c3ccccc3)c3ccccc3)C(C=C3CCCN(c4ccccc4)C3=O)=CS[C@H]12. The molecule has 3 amide bonds. The van der Waals surface area contributed by atoms with Gasteiger partial charge >= 0.3 is 12.1 Å². The Morgan fingerprint density at radius 2 is 1.51 bits per heavy atom. The molecule has 242 valence electrons. The molecular weight excluding hydrogens is 614 g/mol. The Morgan fingerprint density at radius 1 is 0.915 bits per heavy atom. The number of esters is 1. The maximum atomic E-state index is 14.3. The van der Waals surface area contributed by atoms with Crippen LogP contribution in [0.2, 0.25) is 0 Å². The van der Waals surface area contributed by atoms with Gasteiger partial charge in [0.1, 0.15) is 17.0 Å². The van der Waals surface area contributed by atoms with Crippen LogP contribution in [0, 0.1) is 0 Å². The molecule has 0 saturated carbocycles. The third kappa shape index (κ3) is 6.97. The predicted molar refractivity (Wildman–Crippen MR) is 180 cm³/mol. The number of benzene rings is 3. The Kier molecular flexibility index (Phi) is 9.22. The summed E-state index contributed by atoms with van der Waals surface area (Å²) >= 11 is 1.31. The van der Waals surface area contributed by atoms with Gasteiger partial charge in [0.05, 0.1) is 0 Å². The van der Waals surface area contributed by atoms with Crippen LogP contribution < -0.4 is 10.2 Å². The van der Waals surface area contributed by atoms with Crippen molar-refractivity contribution in [3.05, 3.63) is 125 Å². The van der Waals surface area contributed by atoms with E-state index in [1.54, 1.807) is 37.2 Å². The number of fused-ring (bicyclic) bond motifs is 1. The maximum absolute atomic E-state index is 14.3. The smallest absolute Gasteiger partial charge is 0.408 e. The lowest BCUT2D eigenvalue weighted by atomic mass is 9.94. The highest BCUT2D eigenvalue weighted by molar-refractivity contribution is 8.03. The minimum atomic E-state index is -1.13. The molecule has 0 radical (unpaired) electrons. The molecule has 10 heteroatoms. The third-order valence-corrected chi connectivity index (χ3v) is 9.29. The van der Waals surface area contributed by atoms with Crippen molar-refractivity contribution in [2.24, 2.45) is 0 Å². The van der Waals surface area contributed by atoms with E-state index in [4.69, 9.17) is 9.47 Å². The van der Waals surface area contributed by atoms with E-state index in [2.05, 4.69) is 5.32 Å². The van der Waals surface area contributed by atoms with E-state index in [0.717, 1.165) is 23.2 Å². The van der Waals surface area contributed by atoms with Crippen LogP contribution in [0.5, 0.6) is 0 Å². The van der Waals surface area contributed by atoms with Crippen molar-refractivity contribution < 1.29 is 28.7 Å². The number of rotatable bonds is 7. The van der Waals surface area contributed by atoms with Crippen LogP contribution in [0.3, 0.4) is 0 Å². The van der Waals surface area contributed by atoms with Gasteiger partial charge in [-0.15, -0.1) is 11.8 Å². The summed E-state index contributed by atoms with van der Waals surface area (Å²) in [4.78, 5) is 57.5. The summed E-state index contributed by atoms with van der Waals surface area (Å²) in [7, 11) is 0. The lowest BCUT2D eigenvalue weighted by molar-refractivity contribution is -0.164. The van der Waals surface area contributed by atoms with Crippen LogP contribution in [0.25, 0.3) is 0 Å². The molecule has 3 heterocycles. The normalized spacial score (nSPS) is 21.9. The summed E-state index contributed by atoms with van der Waals surface area (Å²) in [5.74, 6) is -1.21. The zero-order valence-electron chi connectivity index (χ0n) is 26.5. The van der Waals surface area contributed by atoms with Gasteiger partial charge in [0, 0.05) is 17.8 Å². The molecule has 0 spiro atoms. The summed E-state index contributed by atoms with van der Waals surface area (Å²) in [6.45, 7) is 5.81. The minimum Gasteiger partial charge on any atom is -0.451 e. The number of thioether (sulfide) groups is 1. The lowest BCUT2D eigenvalue weighted by Gasteiger charge is -2.51. The van der Waals surface area contributed by atoms with Crippen molar-refractivity contribution in [2.45, 2.75) is 62.8 Å². The summed E-state index contributed by atoms with van der Waals surface area (Å²) in [5.41, 5.74) is 2.64. The minimum absolute atomic E-state index is 0.145. The Labute approximate surface area is 278 Å². The number of para-hydroxylation sites is 1. The molecule has 0 unspecified atom stereocenters. The molecule has 2 fully saturated rings. The molecule has 9 nitrogen and oxygen atoms in total. The van der Waals surface area contributed by atoms with Crippen LogP contribution in [0.4, 0.5) is 10.5 Å². The van der Waals surface area contributed by atoms with Crippen LogP contribution in [-0.2, 0) is 23.9 Å². The fourth-order valence-corrected chi connectivity index (χ4v) is 7.16. The highest BCUT2D eigenvalue weighted by Gasteiger charge is 2.56. The van der Waals surface area contributed by atoms with Gasteiger partial charge < -0.3 is 24.6 Å². The van der Waals surface area contributed by atoms with E-state index in [-0.39, 0.29) is 5.91 Å².